The van der Waals surface area contributed by atoms with Gasteiger partial charge in [-0.15, -0.1) is 0 Å². The summed E-state index contributed by atoms with van der Waals surface area (Å²) in [6, 6.07) is 7.52. The van der Waals surface area contributed by atoms with Crippen molar-refractivity contribution in [2.24, 2.45) is 0 Å². The lowest BCUT2D eigenvalue weighted by Crippen LogP contribution is -2.32. The van der Waals surface area contributed by atoms with Crippen molar-refractivity contribution < 1.29 is 9.53 Å². The van der Waals surface area contributed by atoms with Crippen LogP contribution in [0.2, 0.25) is 0 Å². The van der Waals surface area contributed by atoms with Crippen LogP contribution in [0, 0.1) is 6.92 Å². The monoisotopic (exact) mass is 474 g/mol. The minimum atomic E-state index is -0.0500. The van der Waals surface area contributed by atoms with Crippen molar-refractivity contribution in [3.63, 3.8) is 0 Å². The number of fused-ring (bicyclic) bond motifs is 2. The molecule has 0 saturated carbocycles. The number of carbonyl (C=O) groups is 1. The number of carbonyl (C=O) groups excluding carboxylic acids is 1. The van der Waals surface area contributed by atoms with E-state index in [4.69, 9.17) is 9.72 Å². The smallest absolute Gasteiger partial charge is 0.238 e. The first-order chi connectivity index (χ1) is 17.0. The number of amides is 1. The molecule has 4 heterocycles. The largest absolute Gasteiger partial charge is 0.474 e. The predicted octanol–water partition coefficient (Wildman–Crippen LogP) is 2.79. The lowest BCUT2D eigenvalue weighted by atomic mass is 10.0. The Kier molecular flexibility index (Phi) is 6.37. The van der Waals surface area contributed by atoms with Crippen LogP contribution in [0.3, 0.4) is 0 Å². The fourth-order valence-electron chi connectivity index (χ4n) is 4.35. The summed E-state index contributed by atoms with van der Waals surface area (Å²) in [7, 11) is 3.73. The van der Waals surface area contributed by atoms with E-state index in [1.54, 1.807) is 0 Å². The summed E-state index contributed by atoms with van der Waals surface area (Å²) in [5.74, 6) is 1.17. The second kappa shape index (κ2) is 9.75. The number of likely N-dealkylation sites (N-methyl/N-ethyl adjacent to an activating group) is 1. The van der Waals surface area contributed by atoms with Crippen molar-refractivity contribution in [3.05, 3.63) is 53.5 Å². The van der Waals surface area contributed by atoms with Gasteiger partial charge in [-0.3, -0.25) is 4.79 Å². The Bertz CT molecular complexity index is 1230. The molecule has 0 spiro atoms. The highest BCUT2D eigenvalue weighted by Crippen LogP contribution is 2.36. The quantitative estimate of drug-likeness (QED) is 0.497. The lowest BCUT2D eigenvalue weighted by Gasteiger charge is -2.32. The number of hydrogen-bond donors (Lipinski definition) is 3. The van der Waals surface area contributed by atoms with Gasteiger partial charge in [-0.1, -0.05) is 0 Å². The van der Waals surface area contributed by atoms with E-state index in [0.29, 0.717) is 31.5 Å². The Morgan fingerprint density at radius 3 is 2.77 bits per heavy atom. The molecule has 5 rings (SSSR count). The van der Waals surface area contributed by atoms with Gasteiger partial charge in [-0.25, -0.2) is 15.0 Å². The minimum Gasteiger partial charge on any atom is -0.474 e. The number of nitrogens with one attached hydrogen (secondary N) is 3. The van der Waals surface area contributed by atoms with E-state index in [0.717, 1.165) is 59.1 Å². The molecular formula is C25H30N8O2. The first kappa shape index (κ1) is 22.9. The van der Waals surface area contributed by atoms with Crippen LogP contribution in [0.4, 0.5) is 28.7 Å². The molecule has 182 valence electrons. The summed E-state index contributed by atoms with van der Waals surface area (Å²) in [4.78, 5) is 29.9. The number of benzene rings is 1. The van der Waals surface area contributed by atoms with Gasteiger partial charge in [0.2, 0.25) is 17.7 Å². The molecule has 0 saturated heterocycles. The number of rotatable bonds is 6. The van der Waals surface area contributed by atoms with E-state index in [1.165, 1.54) is 0 Å². The van der Waals surface area contributed by atoms with E-state index < -0.39 is 0 Å². The molecule has 0 atom stereocenters. The molecule has 1 aromatic carbocycles. The second-order valence-electron chi connectivity index (χ2n) is 9.05. The zero-order valence-electron chi connectivity index (χ0n) is 20.3. The zero-order chi connectivity index (χ0) is 24.4. The van der Waals surface area contributed by atoms with E-state index in [1.807, 2.05) is 55.7 Å². The zero-order valence-corrected chi connectivity index (χ0v) is 20.3. The maximum absolute atomic E-state index is 12.0. The standard InChI is InChI=1S/C25H30N8O2/c1-16-21(13-27-24-23(16)26-9-11-35-24)33-10-8-17-12-28-25(31-20(17)14-33)30-19-6-4-18(5-7-19)29-22(34)15-32(2)3/h4-7,12-13,26H,8-11,14-15H2,1-3H3,(H,29,34)(H,28,30,31). The maximum atomic E-state index is 12.0. The van der Waals surface area contributed by atoms with Crippen molar-refractivity contribution in [2.75, 3.05) is 61.2 Å². The highest BCUT2D eigenvalue weighted by molar-refractivity contribution is 5.92. The van der Waals surface area contributed by atoms with Gasteiger partial charge in [0, 0.05) is 36.2 Å². The molecule has 10 nitrogen and oxygen atoms in total. The van der Waals surface area contributed by atoms with Crippen molar-refractivity contribution >= 4 is 34.6 Å². The van der Waals surface area contributed by atoms with E-state index in [2.05, 4.69) is 37.7 Å². The summed E-state index contributed by atoms with van der Waals surface area (Å²) >= 11 is 0. The number of pyridine rings is 1. The molecule has 2 aliphatic rings. The van der Waals surface area contributed by atoms with Gasteiger partial charge in [0.15, 0.2) is 0 Å². The van der Waals surface area contributed by atoms with Crippen LogP contribution in [0.5, 0.6) is 5.88 Å². The summed E-state index contributed by atoms with van der Waals surface area (Å²) in [6.45, 7) is 5.43. The van der Waals surface area contributed by atoms with Crippen LogP contribution >= 0.6 is 0 Å². The van der Waals surface area contributed by atoms with Crippen LogP contribution < -0.4 is 25.6 Å². The molecule has 10 heteroatoms. The number of ether oxygens (including phenoxy) is 1. The Morgan fingerprint density at radius 2 is 1.97 bits per heavy atom. The molecule has 2 aromatic heterocycles. The SMILES string of the molecule is Cc1c(N2CCc3cnc(Nc4ccc(NC(=O)CN(C)C)cc4)nc3C2)cnc2c1NCCO2. The summed E-state index contributed by atoms with van der Waals surface area (Å²) in [6.07, 6.45) is 4.67. The molecule has 3 aromatic rings. The molecule has 1 amide bonds. The fraction of sp³-hybridized carbons (Fsp3) is 0.360. The molecule has 0 unspecified atom stereocenters. The molecule has 3 N–H and O–H groups in total. The molecule has 0 fully saturated rings. The fourth-order valence-corrected chi connectivity index (χ4v) is 4.35. The van der Waals surface area contributed by atoms with Crippen molar-refractivity contribution in [2.45, 2.75) is 19.9 Å². The summed E-state index contributed by atoms with van der Waals surface area (Å²) in [5.41, 5.74) is 6.97. The first-order valence-corrected chi connectivity index (χ1v) is 11.7. The van der Waals surface area contributed by atoms with Gasteiger partial charge in [-0.05, 0) is 57.3 Å². The number of anilines is 5. The van der Waals surface area contributed by atoms with Gasteiger partial charge in [0.1, 0.15) is 12.3 Å². The predicted molar refractivity (Wildman–Crippen MR) is 137 cm³/mol. The Labute approximate surface area is 204 Å². The first-order valence-electron chi connectivity index (χ1n) is 11.7. The van der Waals surface area contributed by atoms with Crippen LogP contribution in [-0.4, -0.2) is 66.1 Å². The van der Waals surface area contributed by atoms with Gasteiger partial charge in [0.25, 0.3) is 0 Å². The number of nitrogens with zero attached hydrogens (tertiary/aromatic N) is 5. The van der Waals surface area contributed by atoms with Crippen LogP contribution in [0.1, 0.15) is 16.8 Å². The van der Waals surface area contributed by atoms with Gasteiger partial charge in [-0.2, -0.15) is 0 Å². The average Bonchev–Trinajstić information content (AvgIpc) is 2.85. The molecule has 2 aliphatic heterocycles. The summed E-state index contributed by atoms with van der Waals surface area (Å²) in [5, 5.41) is 9.57. The normalized spacial score (nSPS) is 14.5. The van der Waals surface area contributed by atoms with Gasteiger partial charge in [0.05, 0.1) is 30.7 Å². The highest BCUT2D eigenvalue weighted by atomic mass is 16.5. The van der Waals surface area contributed by atoms with Crippen molar-refractivity contribution in [1.29, 1.82) is 0 Å². The van der Waals surface area contributed by atoms with Crippen LogP contribution in [-0.2, 0) is 17.8 Å². The lowest BCUT2D eigenvalue weighted by molar-refractivity contribution is -0.116. The van der Waals surface area contributed by atoms with Crippen molar-refractivity contribution in [3.8, 4) is 5.88 Å². The van der Waals surface area contributed by atoms with E-state index in [9.17, 15) is 4.79 Å². The maximum Gasteiger partial charge on any atom is 0.238 e. The minimum absolute atomic E-state index is 0.0500. The Morgan fingerprint density at radius 1 is 1.17 bits per heavy atom. The Balaban J connectivity index is 1.28. The van der Waals surface area contributed by atoms with E-state index >= 15 is 0 Å². The third-order valence-electron chi connectivity index (χ3n) is 6.09. The number of hydrogen-bond acceptors (Lipinski definition) is 9. The number of aromatic nitrogens is 3. The topological polar surface area (TPSA) is 108 Å². The molecule has 35 heavy (non-hydrogen) atoms. The third kappa shape index (κ3) is 5.12. The Hall–Kier alpha value is -3.92. The van der Waals surface area contributed by atoms with Gasteiger partial charge >= 0.3 is 0 Å². The van der Waals surface area contributed by atoms with Gasteiger partial charge < -0.3 is 30.5 Å². The van der Waals surface area contributed by atoms with E-state index in [-0.39, 0.29) is 5.91 Å². The summed E-state index contributed by atoms with van der Waals surface area (Å²) < 4.78 is 5.67. The van der Waals surface area contributed by atoms with Crippen molar-refractivity contribution in [1.82, 2.24) is 19.9 Å². The average molecular weight is 475 g/mol. The van der Waals surface area contributed by atoms with Crippen LogP contribution in [0.15, 0.2) is 36.7 Å². The highest BCUT2D eigenvalue weighted by Gasteiger charge is 2.24. The second-order valence-corrected chi connectivity index (χ2v) is 9.05. The molecule has 0 radical (unpaired) electrons. The van der Waals surface area contributed by atoms with Crippen LogP contribution in [0.25, 0.3) is 0 Å². The molecular weight excluding hydrogens is 444 g/mol. The third-order valence-corrected chi connectivity index (χ3v) is 6.09. The molecule has 0 aliphatic carbocycles. The molecule has 0 bridgehead atoms.